The molecular formula is C24H23N3O5. The molecule has 8 heteroatoms. The Bertz CT molecular complexity index is 1180. The van der Waals surface area contributed by atoms with Gasteiger partial charge in [-0.25, -0.2) is 4.98 Å². The number of rotatable bonds is 4. The fourth-order valence-corrected chi connectivity index (χ4v) is 4.89. The van der Waals surface area contributed by atoms with Crippen LogP contribution in [0.3, 0.4) is 0 Å². The molecule has 0 saturated carbocycles. The molecule has 0 spiro atoms. The molecule has 0 amide bonds. The van der Waals surface area contributed by atoms with Crippen LogP contribution in [0.1, 0.15) is 28.3 Å². The minimum absolute atomic E-state index is 0.284. The number of benzene rings is 2. The minimum Gasteiger partial charge on any atom is -0.630 e. The maximum Gasteiger partial charge on any atom is 0.231 e. The number of methoxy groups -OCH3 is 1. The van der Waals surface area contributed by atoms with Gasteiger partial charge >= 0.3 is 0 Å². The summed E-state index contributed by atoms with van der Waals surface area (Å²) >= 11 is 0. The van der Waals surface area contributed by atoms with Gasteiger partial charge in [-0.1, -0.05) is 6.07 Å². The zero-order valence-electron chi connectivity index (χ0n) is 17.7. The predicted octanol–water partition coefficient (Wildman–Crippen LogP) is 2.96. The van der Waals surface area contributed by atoms with Gasteiger partial charge in [-0.15, -0.1) is 0 Å². The molecule has 4 heterocycles. The van der Waals surface area contributed by atoms with Crippen LogP contribution in [0.25, 0.3) is 0 Å². The number of nitrogens with zero attached hydrogens (tertiary/aromatic N) is 2. The van der Waals surface area contributed by atoms with E-state index in [4.69, 9.17) is 18.9 Å². The quantitative estimate of drug-likeness (QED) is 0.633. The molecule has 2 N–H and O–H groups in total. The van der Waals surface area contributed by atoms with E-state index in [1.54, 1.807) is 19.2 Å². The number of quaternary nitrogens is 1. The van der Waals surface area contributed by atoms with Gasteiger partial charge in [0, 0.05) is 36.8 Å². The highest BCUT2D eigenvalue weighted by atomic mass is 16.7. The van der Waals surface area contributed by atoms with Gasteiger partial charge in [0.05, 0.1) is 13.3 Å². The van der Waals surface area contributed by atoms with Gasteiger partial charge in [0.15, 0.2) is 23.0 Å². The lowest BCUT2D eigenvalue weighted by atomic mass is 9.83. The van der Waals surface area contributed by atoms with Crippen molar-refractivity contribution < 1.29 is 24.4 Å². The van der Waals surface area contributed by atoms with Crippen LogP contribution in [0.15, 0.2) is 42.6 Å². The second kappa shape index (κ2) is 7.67. The topological polar surface area (TPSA) is 92.7 Å². The van der Waals surface area contributed by atoms with Crippen molar-refractivity contribution in [1.29, 1.82) is 0 Å². The van der Waals surface area contributed by atoms with Crippen LogP contribution in [0.5, 0.6) is 28.9 Å². The highest BCUT2D eigenvalue weighted by molar-refractivity contribution is 5.56. The van der Waals surface area contributed by atoms with E-state index in [-0.39, 0.29) is 12.8 Å². The lowest BCUT2D eigenvalue weighted by molar-refractivity contribution is -0.497. The maximum atomic E-state index is 10.9. The molecule has 0 saturated heterocycles. The molecule has 32 heavy (non-hydrogen) atoms. The van der Waals surface area contributed by atoms with E-state index in [9.17, 15) is 5.21 Å². The SMILES string of the molecule is COc1ccc2c(c1Oc1ccc([NH2+][O-])cn1)CN1CCc3cc4c(cc3C1C2)OCO4. The first-order chi connectivity index (χ1) is 15.7. The summed E-state index contributed by atoms with van der Waals surface area (Å²) in [7, 11) is 1.64. The number of hydrogen-bond acceptors (Lipinski definition) is 7. The van der Waals surface area contributed by atoms with Crippen molar-refractivity contribution in [2.24, 2.45) is 0 Å². The minimum atomic E-state index is 0.284. The summed E-state index contributed by atoms with van der Waals surface area (Å²) in [6.45, 7) is 2.00. The lowest BCUT2D eigenvalue weighted by Crippen LogP contribution is -2.70. The van der Waals surface area contributed by atoms with Crippen molar-refractivity contribution in [1.82, 2.24) is 9.88 Å². The molecule has 0 aliphatic carbocycles. The van der Waals surface area contributed by atoms with Crippen molar-refractivity contribution in [3.63, 3.8) is 0 Å². The fraction of sp³-hybridized carbons (Fsp3) is 0.292. The first-order valence-electron chi connectivity index (χ1n) is 10.7. The summed E-state index contributed by atoms with van der Waals surface area (Å²) in [5.41, 5.74) is 6.28. The summed E-state index contributed by atoms with van der Waals surface area (Å²) < 4.78 is 23.0. The zero-order chi connectivity index (χ0) is 21.7. The van der Waals surface area contributed by atoms with E-state index < -0.39 is 0 Å². The number of aromatic nitrogens is 1. The van der Waals surface area contributed by atoms with E-state index in [0.717, 1.165) is 48.5 Å². The Balaban J connectivity index is 1.36. The molecule has 3 aromatic rings. The van der Waals surface area contributed by atoms with Crippen LogP contribution in [0.2, 0.25) is 0 Å². The van der Waals surface area contributed by atoms with Gasteiger partial charge in [0.1, 0.15) is 5.69 Å². The molecule has 0 radical (unpaired) electrons. The highest BCUT2D eigenvalue weighted by Gasteiger charge is 2.35. The largest absolute Gasteiger partial charge is 0.630 e. The zero-order valence-corrected chi connectivity index (χ0v) is 17.7. The molecule has 0 bridgehead atoms. The van der Waals surface area contributed by atoms with Gasteiger partial charge in [0.25, 0.3) is 0 Å². The van der Waals surface area contributed by atoms with Crippen molar-refractivity contribution in [3.05, 3.63) is 70.1 Å². The average molecular weight is 433 g/mol. The number of pyridine rings is 1. The summed E-state index contributed by atoms with van der Waals surface area (Å²) in [6, 6.07) is 12.1. The molecule has 3 aliphatic heterocycles. The predicted molar refractivity (Wildman–Crippen MR) is 115 cm³/mol. The monoisotopic (exact) mass is 433 g/mol. The Morgan fingerprint density at radius 2 is 2.00 bits per heavy atom. The molecule has 8 nitrogen and oxygen atoms in total. The van der Waals surface area contributed by atoms with Gasteiger partial charge in [-0.2, -0.15) is 0 Å². The summed E-state index contributed by atoms with van der Waals surface area (Å²) in [4.78, 5) is 6.75. The number of ether oxygens (including phenoxy) is 4. The summed E-state index contributed by atoms with van der Waals surface area (Å²) in [5, 5.41) is 10.9. The van der Waals surface area contributed by atoms with E-state index >= 15 is 0 Å². The summed E-state index contributed by atoms with van der Waals surface area (Å²) in [5.74, 6) is 3.47. The third kappa shape index (κ3) is 3.15. The maximum absolute atomic E-state index is 10.9. The Hall–Kier alpha value is -3.33. The van der Waals surface area contributed by atoms with Gasteiger partial charge in [0.2, 0.25) is 12.7 Å². The van der Waals surface area contributed by atoms with Crippen molar-refractivity contribution >= 4 is 5.69 Å². The fourth-order valence-electron chi connectivity index (χ4n) is 4.89. The summed E-state index contributed by atoms with van der Waals surface area (Å²) in [6.07, 6.45) is 3.35. The smallest absolute Gasteiger partial charge is 0.231 e. The molecule has 0 fully saturated rings. The molecule has 1 aromatic heterocycles. The highest BCUT2D eigenvalue weighted by Crippen LogP contribution is 2.47. The van der Waals surface area contributed by atoms with Crippen LogP contribution in [0.4, 0.5) is 5.69 Å². The van der Waals surface area contributed by atoms with E-state index in [0.29, 0.717) is 23.1 Å². The van der Waals surface area contributed by atoms with Gasteiger partial charge in [-0.05, 0) is 47.7 Å². The number of hydrogen-bond donors (Lipinski definition) is 1. The molecule has 164 valence electrons. The first kappa shape index (κ1) is 19.4. The van der Waals surface area contributed by atoms with Gasteiger partial charge < -0.3 is 29.6 Å². The van der Waals surface area contributed by atoms with Crippen LogP contribution >= 0.6 is 0 Å². The molecule has 1 unspecified atom stereocenters. The Morgan fingerprint density at radius 1 is 1.12 bits per heavy atom. The Labute approximate surface area is 185 Å². The van der Waals surface area contributed by atoms with E-state index in [1.165, 1.54) is 22.9 Å². The molecular weight excluding hydrogens is 410 g/mol. The van der Waals surface area contributed by atoms with Gasteiger partial charge in [-0.3, -0.25) is 4.90 Å². The third-order valence-electron chi connectivity index (χ3n) is 6.52. The Kier molecular flexibility index (Phi) is 4.64. The van der Waals surface area contributed by atoms with Crippen LogP contribution in [-0.2, 0) is 19.4 Å². The average Bonchev–Trinajstić information content (AvgIpc) is 3.30. The molecule has 2 aromatic carbocycles. The lowest BCUT2D eigenvalue weighted by Gasteiger charge is -2.42. The Morgan fingerprint density at radius 3 is 2.78 bits per heavy atom. The number of fused-ring (bicyclic) bond motifs is 5. The molecule has 3 aliphatic rings. The van der Waals surface area contributed by atoms with Crippen molar-refractivity contribution in [2.45, 2.75) is 25.4 Å². The van der Waals surface area contributed by atoms with Crippen LogP contribution in [0, 0.1) is 5.21 Å². The van der Waals surface area contributed by atoms with Crippen LogP contribution in [-0.4, -0.2) is 30.3 Å². The second-order valence-corrected chi connectivity index (χ2v) is 8.23. The standard InChI is InChI=1S/C24H23N3O5/c1-29-20-4-2-14-8-19-17-10-22-21(30-13-31-22)9-15(17)6-7-27(19)12-18(14)24(20)32-23-5-3-16(26-28)11-25-23/h2-5,9-11,19H,6-8,12-13,26H2,1H3. The normalized spacial score (nSPS) is 18.5. The van der Waals surface area contributed by atoms with Crippen molar-refractivity contribution in [2.75, 3.05) is 20.4 Å². The first-order valence-corrected chi connectivity index (χ1v) is 10.7. The third-order valence-corrected chi connectivity index (χ3v) is 6.52. The van der Waals surface area contributed by atoms with Crippen molar-refractivity contribution in [3.8, 4) is 28.9 Å². The van der Waals surface area contributed by atoms with E-state index in [2.05, 4.69) is 28.1 Å². The second-order valence-electron chi connectivity index (χ2n) is 8.23. The number of nitrogens with two attached hydrogens (primary N) is 1. The van der Waals surface area contributed by atoms with Crippen LogP contribution < -0.4 is 24.4 Å². The molecule has 6 rings (SSSR count). The van der Waals surface area contributed by atoms with E-state index in [1.807, 2.05) is 6.07 Å². The molecule has 1 atom stereocenters.